The first-order valence-electron chi connectivity index (χ1n) is 4.75. The average Bonchev–Trinajstić information content (AvgIpc) is 2.46. The maximum atomic E-state index is 2.25. The zero-order chi connectivity index (χ0) is 9.42. The van der Waals surface area contributed by atoms with Crippen molar-refractivity contribution in [2.24, 2.45) is 0 Å². The van der Waals surface area contributed by atoms with Crippen molar-refractivity contribution in [3.05, 3.63) is 41.7 Å². The van der Waals surface area contributed by atoms with Crippen molar-refractivity contribution < 1.29 is 0 Å². The van der Waals surface area contributed by atoms with Gasteiger partial charge in [0.15, 0.2) is 0 Å². The molecular weight excluding hydrogens is 158 g/mol. The topological polar surface area (TPSA) is 4.41 Å². The Hall–Kier alpha value is -1.24. The minimum absolute atomic E-state index is 0.611. The van der Waals surface area contributed by atoms with Crippen LogP contribution < -0.4 is 0 Å². The molecule has 13 heavy (non-hydrogen) atoms. The first-order valence-corrected chi connectivity index (χ1v) is 4.75. The van der Waals surface area contributed by atoms with Crippen molar-refractivity contribution in [2.75, 3.05) is 0 Å². The Kier molecular flexibility index (Phi) is 1.87. The monoisotopic (exact) mass is 173 g/mol. The number of aromatic nitrogens is 1. The first-order chi connectivity index (χ1) is 6.16. The van der Waals surface area contributed by atoms with Crippen LogP contribution in [0.5, 0.6) is 0 Å². The maximum absolute atomic E-state index is 2.25. The van der Waals surface area contributed by atoms with Gasteiger partial charge in [0.05, 0.1) is 0 Å². The number of pyridine rings is 1. The second-order valence-electron chi connectivity index (χ2n) is 3.97. The summed E-state index contributed by atoms with van der Waals surface area (Å²) >= 11 is 0. The number of nitrogens with zero attached hydrogens (tertiary/aromatic N) is 1. The zero-order valence-corrected chi connectivity index (χ0v) is 8.41. The van der Waals surface area contributed by atoms with Gasteiger partial charge in [-0.15, -0.1) is 0 Å². The molecule has 0 fully saturated rings. The molecule has 2 aromatic heterocycles. The Morgan fingerprint density at radius 1 is 1.15 bits per heavy atom. The maximum Gasteiger partial charge on any atom is 0.0453 e. The van der Waals surface area contributed by atoms with E-state index >= 15 is 0 Å². The summed E-state index contributed by atoms with van der Waals surface area (Å²) < 4.78 is 2.20. The molecule has 0 radical (unpaired) electrons. The van der Waals surface area contributed by atoms with Gasteiger partial charge in [0.1, 0.15) is 0 Å². The molecular formula is C12H15N. The summed E-state index contributed by atoms with van der Waals surface area (Å²) in [6, 6.07) is 6.57. The van der Waals surface area contributed by atoms with E-state index < -0.39 is 0 Å². The van der Waals surface area contributed by atoms with E-state index in [1.165, 1.54) is 16.6 Å². The predicted octanol–water partition coefficient (Wildman–Crippen LogP) is 3.37. The number of hydrogen-bond acceptors (Lipinski definition) is 0. The van der Waals surface area contributed by atoms with Gasteiger partial charge in [0, 0.05) is 17.9 Å². The van der Waals surface area contributed by atoms with E-state index in [1.54, 1.807) is 0 Å². The molecule has 0 aromatic carbocycles. The highest BCUT2D eigenvalue weighted by molar-refractivity contribution is 5.51. The largest absolute Gasteiger partial charge is 0.323 e. The molecule has 0 aliphatic carbocycles. The van der Waals surface area contributed by atoms with Crippen molar-refractivity contribution in [3.8, 4) is 0 Å². The van der Waals surface area contributed by atoms with Crippen LogP contribution in [0.1, 0.15) is 30.9 Å². The lowest BCUT2D eigenvalue weighted by Crippen LogP contribution is -1.83. The van der Waals surface area contributed by atoms with Crippen molar-refractivity contribution in [1.29, 1.82) is 0 Å². The smallest absolute Gasteiger partial charge is 0.0453 e. The van der Waals surface area contributed by atoms with Gasteiger partial charge in [0.25, 0.3) is 0 Å². The second kappa shape index (κ2) is 2.91. The van der Waals surface area contributed by atoms with Crippen LogP contribution in [0.4, 0.5) is 0 Å². The third-order valence-electron chi connectivity index (χ3n) is 2.43. The Labute approximate surface area is 79.0 Å². The summed E-state index contributed by atoms with van der Waals surface area (Å²) in [4.78, 5) is 0. The molecule has 0 amide bonds. The molecule has 0 saturated carbocycles. The van der Waals surface area contributed by atoms with Crippen molar-refractivity contribution in [3.63, 3.8) is 0 Å². The normalized spacial score (nSPS) is 11.4. The summed E-state index contributed by atoms with van der Waals surface area (Å²) in [6.45, 7) is 6.57. The fraction of sp³-hybridized carbons (Fsp3) is 0.333. The highest BCUT2D eigenvalue weighted by Gasteiger charge is 2.02. The van der Waals surface area contributed by atoms with Gasteiger partial charge in [-0.3, -0.25) is 0 Å². The first kappa shape index (κ1) is 8.36. The van der Waals surface area contributed by atoms with Crippen LogP contribution in [0.2, 0.25) is 0 Å². The number of rotatable bonds is 1. The molecule has 0 aliphatic heterocycles. The molecule has 0 atom stereocenters. The van der Waals surface area contributed by atoms with Gasteiger partial charge in [-0.1, -0.05) is 19.9 Å². The van der Waals surface area contributed by atoms with Crippen LogP contribution in [0.25, 0.3) is 5.52 Å². The van der Waals surface area contributed by atoms with E-state index in [9.17, 15) is 0 Å². The van der Waals surface area contributed by atoms with Crippen LogP contribution in [-0.2, 0) is 0 Å². The number of hydrogen-bond donors (Lipinski definition) is 0. The molecule has 2 rings (SSSR count). The SMILES string of the molecule is Cc1ccc2cc(C(C)C)cn2c1. The Bertz CT molecular complexity index is 424. The summed E-state index contributed by atoms with van der Waals surface area (Å²) in [6.07, 6.45) is 4.38. The Balaban J connectivity index is 2.62. The lowest BCUT2D eigenvalue weighted by atomic mass is 10.1. The Morgan fingerprint density at radius 3 is 2.62 bits per heavy atom. The predicted molar refractivity (Wildman–Crippen MR) is 56.2 cm³/mol. The molecule has 68 valence electrons. The van der Waals surface area contributed by atoms with Crippen LogP contribution in [-0.4, -0.2) is 4.40 Å². The van der Waals surface area contributed by atoms with Crippen molar-refractivity contribution in [2.45, 2.75) is 26.7 Å². The highest BCUT2D eigenvalue weighted by atomic mass is 14.9. The van der Waals surface area contributed by atoms with Crippen LogP contribution in [0, 0.1) is 6.92 Å². The molecule has 0 saturated heterocycles. The molecule has 0 bridgehead atoms. The summed E-state index contributed by atoms with van der Waals surface area (Å²) in [5, 5.41) is 0. The minimum Gasteiger partial charge on any atom is -0.323 e. The third kappa shape index (κ3) is 1.46. The molecule has 0 spiro atoms. The van der Waals surface area contributed by atoms with Gasteiger partial charge in [-0.2, -0.15) is 0 Å². The summed E-state index contributed by atoms with van der Waals surface area (Å²) in [7, 11) is 0. The van der Waals surface area contributed by atoms with Crippen LogP contribution in [0.15, 0.2) is 30.6 Å². The van der Waals surface area contributed by atoms with Crippen LogP contribution >= 0.6 is 0 Å². The average molecular weight is 173 g/mol. The third-order valence-corrected chi connectivity index (χ3v) is 2.43. The van der Waals surface area contributed by atoms with Gasteiger partial charge in [-0.25, -0.2) is 0 Å². The lowest BCUT2D eigenvalue weighted by Gasteiger charge is -1.97. The highest BCUT2D eigenvalue weighted by Crippen LogP contribution is 2.18. The quantitative estimate of drug-likeness (QED) is 0.622. The summed E-state index contributed by atoms with van der Waals surface area (Å²) in [5.41, 5.74) is 4.00. The van der Waals surface area contributed by atoms with E-state index in [0.717, 1.165) is 0 Å². The molecule has 2 aromatic rings. The molecule has 1 nitrogen and oxygen atoms in total. The lowest BCUT2D eigenvalue weighted by molar-refractivity contribution is 0.865. The molecule has 1 heteroatoms. The van der Waals surface area contributed by atoms with Crippen LogP contribution in [0.3, 0.4) is 0 Å². The summed E-state index contributed by atoms with van der Waals surface area (Å²) in [5.74, 6) is 0.611. The molecule has 0 unspecified atom stereocenters. The fourth-order valence-corrected chi connectivity index (χ4v) is 1.56. The molecule has 0 aliphatic rings. The Morgan fingerprint density at radius 2 is 1.92 bits per heavy atom. The standard InChI is InChI=1S/C12H15N/c1-9(2)11-6-12-5-4-10(3)7-13(12)8-11/h4-9H,1-3H3. The number of fused-ring (bicyclic) bond motifs is 1. The van der Waals surface area contributed by atoms with E-state index in [2.05, 4.69) is 55.8 Å². The van der Waals surface area contributed by atoms with Gasteiger partial charge in [-0.05, 0) is 36.1 Å². The fourth-order valence-electron chi connectivity index (χ4n) is 1.56. The van der Waals surface area contributed by atoms with Gasteiger partial charge < -0.3 is 4.40 Å². The van der Waals surface area contributed by atoms with E-state index in [0.29, 0.717) is 5.92 Å². The molecule has 2 heterocycles. The molecule has 0 N–H and O–H groups in total. The minimum atomic E-state index is 0.611. The van der Waals surface area contributed by atoms with E-state index in [-0.39, 0.29) is 0 Å². The number of aryl methyl sites for hydroxylation is 1. The van der Waals surface area contributed by atoms with Gasteiger partial charge >= 0.3 is 0 Å². The zero-order valence-electron chi connectivity index (χ0n) is 8.41. The van der Waals surface area contributed by atoms with Gasteiger partial charge in [0.2, 0.25) is 0 Å². The van der Waals surface area contributed by atoms with E-state index in [4.69, 9.17) is 0 Å². The second-order valence-corrected chi connectivity index (χ2v) is 3.97. The van der Waals surface area contributed by atoms with Crippen molar-refractivity contribution in [1.82, 2.24) is 4.40 Å². The van der Waals surface area contributed by atoms with Crippen molar-refractivity contribution >= 4 is 5.52 Å². The van der Waals surface area contributed by atoms with E-state index in [1.807, 2.05) is 0 Å².